The molecule has 0 radical (unpaired) electrons. The predicted molar refractivity (Wildman–Crippen MR) is 73.2 cm³/mol. The topological polar surface area (TPSA) is 35.6 Å². The Balaban J connectivity index is 3.27. The molecule has 0 atom stereocenters. The molecule has 0 aliphatic carbocycles. The van der Waals surface area contributed by atoms with Gasteiger partial charge in [-0.15, -0.1) is 0 Å². The molecule has 0 rings (SSSR count). The van der Waals surface area contributed by atoms with Gasteiger partial charge in [-0.25, -0.2) is 0 Å². The number of hydrogen-bond acceptors (Lipinski definition) is 3. The maximum absolute atomic E-state index is 11.3. The van der Waals surface area contributed by atoms with Crippen LogP contribution in [0.15, 0.2) is 0 Å². The van der Waals surface area contributed by atoms with Crippen molar-refractivity contribution in [1.82, 2.24) is 15.1 Å². The summed E-state index contributed by atoms with van der Waals surface area (Å²) in [7, 11) is 5.75. The fourth-order valence-electron chi connectivity index (χ4n) is 1.41. The minimum atomic E-state index is 0.192. The van der Waals surface area contributed by atoms with E-state index in [2.05, 4.69) is 31.1 Å². The summed E-state index contributed by atoms with van der Waals surface area (Å²) >= 11 is 0. The number of nitrogens with one attached hydrogen (secondary N) is 1. The van der Waals surface area contributed by atoms with Crippen LogP contribution in [0, 0.1) is 0 Å². The van der Waals surface area contributed by atoms with Crippen LogP contribution in [0.1, 0.15) is 33.1 Å². The first kappa shape index (κ1) is 16.4. The van der Waals surface area contributed by atoms with Gasteiger partial charge < -0.3 is 15.1 Å². The molecule has 0 saturated heterocycles. The number of amides is 1. The van der Waals surface area contributed by atoms with Gasteiger partial charge in [0.05, 0.1) is 0 Å². The normalized spacial score (nSPS) is 11.2. The fourth-order valence-corrected chi connectivity index (χ4v) is 1.41. The first-order valence-corrected chi connectivity index (χ1v) is 6.56. The van der Waals surface area contributed by atoms with Gasteiger partial charge in [-0.3, -0.25) is 4.79 Å². The second-order valence-electron chi connectivity index (χ2n) is 5.07. The van der Waals surface area contributed by atoms with Crippen LogP contribution in [-0.2, 0) is 4.79 Å². The van der Waals surface area contributed by atoms with Crippen molar-refractivity contribution in [3.05, 3.63) is 0 Å². The van der Waals surface area contributed by atoms with Gasteiger partial charge in [0, 0.05) is 33.1 Å². The van der Waals surface area contributed by atoms with Crippen molar-refractivity contribution in [1.29, 1.82) is 0 Å². The highest BCUT2D eigenvalue weighted by atomic mass is 16.2. The molecule has 0 bridgehead atoms. The standard InChI is InChI=1S/C13H29N3O/c1-12(2)16(5)11-7-6-9-14-10-8-13(17)15(3)4/h12,14H,6-11H2,1-5H3. The number of carbonyl (C=O) groups excluding carboxylic acids is 1. The highest BCUT2D eigenvalue weighted by Crippen LogP contribution is 1.97. The molecule has 0 aromatic carbocycles. The predicted octanol–water partition coefficient (Wildman–Crippen LogP) is 1.17. The lowest BCUT2D eigenvalue weighted by Crippen LogP contribution is -2.29. The first-order valence-electron chi connectivity index (χ1n) is 6.56. The monoisotopic (exact) mass is 243 g/mol. The van der Waals surface area contributed by atoms with Crippen molar-refractivity contribution in [2.75, 3.05) is 40.8 Å². The summed E-state index contributed by atoms with van der Waals surface area (Å²) in [6.07, 6.45) is 2.98. The van der Waals surface area contributed by atoms with Crippen molar-refractivity contribution >= 4 is 5.91 Å². The number of hydrogen-bond donors (Lipinski definition) is 1. The van der Waals surface area contributed by atoms with Gasteiger partial charge in [-0.1, -0.05) is 0 Å². The molecule has 1 amide bonds. The zero-order valence-electron chi connectivity index (χ0n) is 12.1. The highest BCUT2D eigenvalue weighted by Gasteiger charge is 2.03. The third-order valence-electron chi connectivity index (χ3n) is 3.01. The minimum absolute atomic E-state index is 0.192. The van der Waals surface area contributed by atoms with E-state index in [0.29, 0.717) is 12.5 Å². The van der Waals surface area contributed by atoms with E-state index in [1.54, 1.807) is 19.0 Å². The van der Waals surface area contributed by atoms with Crippen molar-refractivity contribution in [3.63, 3.8) is 0 Å². The van der Waals surface area contributed by atoms with Gasteiger partial charge >= 0.3 is 0 Å². The molecule has 4 heteroatoms. The number of nitrogens with zero attached hydrogens (tertiary/aromatic N) is 2. The molecule has 0 saturated carbocycles. The Hall–Kier alpha value is -0.610. The molecule has 0 aromatic heterocycles. The van der Waals surface area contributed by atoms with Crippen LogP contribution in [-0.4, -0.2) is 62.5 Å². The molecule has 4 nitrogen and oxygen atoms in total. The van der Waals surface area contributed by atoms with Gasteiger partial charge in [0.25, 0.3) is 0 Å². The lowest BCUT2D eigenvalue weighted by molar-refractivity contribution is -0.128. The SMILES string of the molecule is CC(C)N(C)CCCCNCCC(=O)N(C)C. The molecule has 0 aromatic rings. The van der Waals surface area contributed by atoms with E-state index < -0.39 is 0 Å². The van der Waals surface area contributed by atoms with Crippen molar-refractivity contribution in [2.45, 2.75) is 39.2 Å². The molecule has 1 N–H and O–H groups in total. The van der Waals surface area contributed by atoms with Crippen molar-refractivity contribution in [2.24, 2.45) is 0 Å². The molecule has 102 valence electrons. The Morgan fingerprint density at radius 1 is 1.12 bits per heavy atom. The summed E-state index contributed by atoms with van der Waals surface area (Å²) < 4.78 is 0. The van der Waals surface area contributed by atoms with Gasteiger partial charge in [0.1, 0.15) is 0 Å². The lowest BCUT2D eigenvalue weighted by Gasteiger charge is -2.20. The van der Waals surface area contributed by atoms with Crippen molar-refractivity contribution in [3.8, 4) is 0 Å². The molecular formula is C13H29N3O. The van der Waals surface area contributed by atoms with E-state index in [9.17, 15) is 4.79 Å². The average Bonchev–Trinajstić information content (AvgIpc) is 2.26. The average molecular weight is 243 g/mol. The summed E-state index contributed by atoms with van der Waals surface area (Å²) in [5.74, 6) is 0.192. The third kappa shape index (κ3) is 9.12. The quantitative estimate of drug-likeness (QED) is 0.618. The van der Waals surface area contributed by atoms with Gasteiger partial charge in [-0.05, 0) is 46.8 Å². The minimum Gasteiger partial charge on any atom is -0.349 e. The summed E-state index contributed by atoms with van der Waals surface area (Å²) in [6, 6.07) is 0.626. The molecular weight excluding hydrogens is 214 g/mol. The summed E-state index contributed by atoms with van der Waals surface area (Å²) in [5, 5.41) is 3.31. The fraction of sp³-hybridized carbons (Fsp3) is 0.923. The zero-order valence-corrected chi connectivity index (χ0v) is 12.1. The molecule has 0 spiro atoms. The molecule has 0 unspecified atom stereocenters. The highest BCUT2D eigenvalue weighted by molar-refractivity contribution is 5.75. The zero-order chi connectivity index (χ0) is 13.3. The lowest BCUT2D eigenvalue weighted by atomic mass is 10.2. The second-order valence-corrected chi connectivity index (χ2v) is 5.07. The van der Waals surface area contributed by atoms with E-state index in [-0.39, 0.29) is 5.91 Å². The number of rotatable bonds is 9. The number of carbonyl (C=O) groups is 1. The van der Waals surface area contributed by atoms with E-state index in [4.69, 9.17) is 0 Å². The largest absolute Gasteiger partial charge is 0.349 e. The van der Waals surface area contributed by atoms with Crippen LogP contribution in [0.25, 0.3) is 0 Å². The van der Waals surface area contributed by atoms with Gasteiger partial charge in [0.2, 0.25) is 5.91 Å². The van der Waals surface area contributed by atoms with Gasteiger partial charge in [-0.2, -0.15) is 0 Å². The van der Waals surface area contributed by atoms with Crippen LogP contribution in [0.4, 0.5) is 0 Å². The third-order valence-corrected chi connectivity index (χ3v) is 3.01. The summed E-state index contributed by atoms with van der Waals surface area (Å²) in [4.78, 5) is 15.3. The Labute approximate surface area is 106 Å². The number of unbranched alkanes of at least 4 members (excludes halogenated alkanes) is 1. The molecule has 0 aliphatic heterocycles. The van der Waals surface area contributed by atoms with E-state index in [1.165, 1.54) is 12.8 Å². The van der Waals surface area contributed by atoms with E-state index in [1.807, 2.05) is 0 Å². The van der Waals surface area contributed by atoms with Crippen LogP contribution >= 0.6 is 0 Å². The van der Waals surface area contributed by atoms with Crippen LogP contribution in [0.5, 0.6) is 0 Å². The Morgan fingerprint density at radius 2 is 1.76 bits per heavy atom. The van der Waals surface area contributed by atoms with Crippen LogP contribution in [0.2, 0.25) is 0 Å². The van der Waals surface area contributed by atoms with Crippen molar-refractivity contribution < 1.29 is 4.79 Å². The van der Waals surface area contributed by atoms with Crippen LogP contribution in [0.3, 0.4) is 0 Å². The maximum atomic E-state index is 11.3. The first-order chi connectivity index (χ1) is 7.95. The maximum Gasteiger partial charge on any atom is 0.223 e. The molecule has 0 fully saturated rings. The van der Waals surface area contributed by atoms with Gasteiger partial charge in [0.15, 0.2) is 0 Å². The molecule has 17 heavy (non-hydrogen) atoms. The summed E-state index contributed by atoms with van der Waals surface area (Å²) in [5.41, 5.74) is 0. The van der Waals surface area contributed by atoms with E-state index in [0.717, 1.165) is 19.6 Å². The molecule has 0 aliphatic rings. The Bertz CT molecular complexity index is 205. The van der Waals surface area contributed by atoms with Crippen LogP contribution < -0.4 is 5.32 Å². The smallest absolute Gasteiger partial charge is 0.223 e. The Morgan fingerprint density at radius 3 is 2.29 bits per heavy atom. The van der Waals surface area contributed by atoms with E-state index >= 15 is 0 Å². The summed E-state index contributed by atoms with van der Waals surface area (Å²) in [6.45, 7) is 7.37. The second kappa shape index (κ2) is 9.42. The Kier molecular flexibility index (Phi) is 9.09. The molecule has 0 heterocycles.